The topological polar surface area (TPSA) is 47.9 Å². The van der Waals surface area contributed by atoms with Crippen LogP contribution in [0, 0.1) is 0 Å². The number of isocyanates is 1. The van der Waals surface area contributed by atoms with Gasteiger partial charge in [-0.15, -0.1) is 0 Å². The fourth-order valence-electron chi connectivity index (χ4n) is 1.91. The van der Waals surface area contributed by atoms with E-state index in [1.54, 1.807) is 6.07 Å². The Kier molecular flexibility index (Phi) is 3.67. The van der Waals surface area contributed by atoms with Crippen LogP contribution in [0.3, 0.4) is 0 Å². The Morgan fingerprint density at radius 2 is 2.18 bits per heavy atom. The van der Waals surface area contributed by atoms with Crippen LogP contribution in [0.4, 0.5) is 0 Å². The highest BCUT2D eigenvalue weighted by atomic mass is 35.5. The summed E-state index contributed by atoms with van der Waals surface area (Å²) in [5.74, 6) is 1.39. The summed E-state index contributed by atoms with van der Waals surface area (Å²) in [7, 11) is 0. The standard InChI is InChI=1S/C12H12ClNO3/c1-2-8-9(6-14-7-15)10(13)5-11-12(8)17-4-3-16-11/h5H,2-4,6H2,1H3. The summed E-state index contributed by atoms with van der Waals surface area (Å²) < 4.78 is 11.1. The molecule has 1 aliphatic heterocycles. The third-order valence-electron chi connectivity index (χ3n) is 2.65. The minimum absolute atomic E-state index is 0.224. The van der Waals surface area contributed by atoms with Gasteiger partial charge in [-0.1, -0.05) is 18.5 Å². The number of halogens is 1. The van der Waals surface area contributed by atoms with E-state index < -0.39 is 0 Å². The molecule has 0 radical (unpaired) electrons. The third-order valence-corrected chi connectivity index (χ3v) is 2.99. The number of hydrogen-bond acceptors (Lipinski definition) is 4. The Labute approximate surface area is 104 Å². The number of rotatable bonds is 3. The van der Waals surface area contributed by atoms with Gasteiger partial charge >= 0.3 is 0 Å². The molecule has 0 unspecified atom stereocenters. The largest absolute Gasteiger partial charge is 0.486 e. The van der Waals surface area contributed by atoms with Crippen molar-refractivity contribution in [1.29, 1.82) is 0 Å². The van der Waals surface area contributed by atoms with Crippen LogP contribution in [0.2, 0.25) is 5.02 Å². The summed E-state index contributed by atoms with van der Waals surface area (Å²) in [6.45, 7) is 3.27. The molecular weight excluding hydrogens is 242 g/mol. The van der Waals surface area contributed by atoms with Gasteiger partial charge in [0.25, 0.3) is 0 Å². The van der Waals surface area contributed by atoms with Crippen molar-refractivity contribution in [2.75, 3.05) is 13.2 Å². The minimum Gasteiger partial charge on any atom is -0.486 e. The molecule has 0 amide bonds. The van der Waals surface area contributed by atoms with E-state index in [4.69, 9.17) is 21.1 Å². The van der Waals surface area contributed by atoms with E-state index in [9.17, 15) is 4.79 Å². The maximum absolute atomic E-state index is 10.2. The van der Waals surface area contributed by atoms with E-state index in [2.05, 4.69) is 4.99 Å². The smallest absolute Gasteiger partial charge is 0.235 e. The highest BCUT2D eigenvalue weighted by Crippen LogP contribution is 2.40. The van der Waals surface area contributed by atoms with Gasteiger partial charge in [0.15, 0.2) is 11.5 Å². The van der Waals surface area contributed by atoms with Crippen molar-refractivity contribution in [2.45, 2.75) is 19.9 Å². The number of benzene rings is 1. The molecule has 0 N–H and O–H groups in total. The van der Waals surface area contributed by atoms with Crippen molar-refractivity contribution in [1.82, 2.24) is 0 Å². The number of nitrogens with zero attached hydrogens (tertiary/aromatic N) is 1. The lowest BCUT2D eigenvalue weighted by Gasteiger charge is -2.23. The molecule has 2 rings (SSSR count). The van der Waals surface area contributed by atoms with Crippen molar-refractivity contribution in [3.63, 3.8) is 0 Å². The fraction of sp³-hybridized carbons (Fsp3) is 0.417. The second-order valence-corrected chi connectivity index (χ2v) is 4.01. The second kappa shape index (κ2) is 5.21. The summed E-state index contributed by atoms with van der Waals surface area (Å²) in [6.07, 6.45) is 2.27. The highest BCUT2D eigenvalue weighted by Gasteiger charge is 2.20. The van der Waals surface area contributed by atoms with E-state index in [0.29, 0.717) is 24.0 Å². The predicted molar refractivity (Wildman–Crippen MR) is 63.6 cm³/mol. The Morgan fingerprint density at radius 3 is 2.88 bits per heavy atom. The molecule has 90 valence electrons. The highest BCUT2D eigenvalue weighted by molar-refractivity contribution is 6.31. The lowest BCUT2D eigenvalue weighted by Crippen LogP contribution is -2.17. The van der Waals surface area contributed by atoms with Crippen LogP contribution >= 0.6 is 11.6 Å². The van der Waals surface area contributed by atoms with Crippen LogP contribution in [0.5, 0.6) is 11.5 Å². The number of hydrogen-bond donors (Lipinski definition) is 0. The maximum Gasteiger partial charge on any atom is 0.235 e. The van der Waals surface area contributed by atoms with Gasteiger partial charge in [-0.2, -0.15) is 0 Å². The first-order valence-corrected chi connectivity index (χ1v) is 5.79. The van der Waals surface area contributed by atoms with Crippen molar-refractivity contribution in [2.24, 2.45) is 4.99 Å². The Hall–Kier alpha value is -1.51. The summed E-state index contributed by atoms with van der Waals surface area (Å²) in [5, 5.41) is 0.546. The normalized spacial score (nSPS) is 13.1. The van der Waals surface area contributed by atoms with E-state index in [-0.39, 0.29) is 6.54 Å². The molecule has 0 bridgehead atoms. The first-order valence-electron chi connectivity index (χ1n) is 5.41. The summed E-state index contributed by atoms with van der Waals surface area (Å²) in [5.41, 5.74) is 1.76. The molecule has 0 spiro atoms. The minimum atomic E-state index is 0.224. The second-order valence-electron chi connectivity index (χ2n) is 3.60. The molecule has 4 nitrogen and oxygen atoms in total. The number of fused-ring (bicyclic) bond motifs is 1. The molecule has 0 aliphatic carbocycles. The molecule has 0 saturated carbocycles. The van der Waals surface area contributed by atoms with Gasteiger partial charge in [-0.25, -0.2) is 9.79 Å². The van der Waals surface area contributed by atoms with Gasteiger partial charge in [0.05, 0.1) is 6.54 Å². The SMILES string of the molecule is CCc1c(CN=C=O)c(Cl)cc2c1OCCO2. The van der Waals surface area contributed by atoms with Gasteiger partial charge in [0.2, 0.25) is 6.08 Å². The number of ether oxygens (including phenoxy) is 2. The predicted octanol–water partition coefficient (Wildman–Crippen LogP) is 2.51. The molecule has 0 saturated heterocycles. The van der Waals surface area contributed by atoms with Gasteiger partial charge in [-0.05, 0) is 6.42 Å². The molecule has 17 heavy (non-hydrogen) atoms. The molecule has 1 heterocycles. The third kappa shape index (κ3) is 2.28. The zero-order valence-corrected chi connectivity index (χ0v) is 10.2. The molecular formula is C12H12ClNO3. The molecule has 0 atom stereocenters. The van der Waals surface area contributed by atoms with Gasteiger partial charge in [0.1, 0.15) is 13.2 Å². The summed E-state index contributed by atoms with van der Waals surface area (Å²) in [4.78, 5) is 13.8. The lowest BCUT2D eigenvalue weighted by molar-refractivity contribution is 0.170. The Bertz CT molecular complexity index is 481. The molecule has 0 aromatic heterocycles. The van der Waals surface area contributed by atoms with Crippen LogP contribution in [-0.4, -0.2) is 19.3 Å². The van der Waals surface area contributed by atoms with Crippen LogP contribution < -0.4 is 9.47 Å². The first kappa shape index (κ1) is 12.0. The van der Waals surface area contributed by atoms with Gasteiger partial charge in [0, 0.05) is 22.2 Å². The summed E-state index contributed by atoms with van der Waals surface area (Å²) >= 11 is 6.16. The van der Waals surface area contributed by atoms with Crippen molar-refractivity contribution in [3.8, 4) is 11.5 Å². The van der Waals surface area contributed by atoms with Crippen molar-refractivity contribution >= 4 is 17.7 Å². The summed E-state index contributed by atoms with van der Waals surface area (Å²) in [6, 6.07) is 1.71. The molecule has 5 heteroatoms. The van der Waals surface area contributed by atoms with Gasteiger partial charge < -0.3 is 9.47 Å². The van der Waals surface area contributed by atoms with Crippen LogP contribution in [-0.2, 0) is 17.8 Å². The Morgan fingerprint density at radius 1 is 1.41 bits per heavy atom. The van der Waals surface area contributed by atoms with Crippen LogP contribution in [0.1, 0.15) is 18.1 Å². The van der Waals surface area contributed by atoms with E-state index in [1.807, 2.05) is 6.92 Å². The molecule has 0 fully saturated rings. The van der Waals surface area contributed by atoms with Crippen molar-refractivity contribution in [3.05, 3.63) is 22.2 Å². The molecule has 1 aromatic carbocycles. The fourth-order valence-corrected chi connectivity index (χ4v) is 2.19. The molecule has 1 aliphatic rings. The van der Waals surface area contributed by atoms with E-state index in [0.717, 1.165) is 23.3 Å². The zero-order chi connectivity index (χ0) is 12.3. The number of carbonyl (C=O) groups excluding carboxylic acids is 1. The average molecular weight is 254 g/mol. The van der Waals surface area contributed by atoms with Crippen LogP contribution in [0.25, 0.3) is 0 Å². The number of aliphatic imine (C=N–C) groups is 1. The van der Waals surface area contributed by atoms with Gasteiger partial charge in [-0.3, -0.25) is 0 Å². The van der Waals surface area contributed by atoms with Crippen LogP contribution in [0.15, 0.2) is 11.1 Å². The monoisotopic (exact) mass is 253 g/mol. The van der Waals surface area contributed by atoms with E-state index in [1.165, 1.54) is 6.08 Å². The maximum atomic E-state index is 10.2. The molecule has 1 aromatic rings. The lowest BCUT2D eigenvalue weighted by atomic mass is 10.0. The first-order chi connectivity index (χ1) is 8.27. The zero-order valence-electron chi connectivity index (χ0n) is 9.46. The van der Waals surface area contributed by atoms with Crippen molar-refractivity contribution < 1.29 is 14.3 Å². The van der Waals surface area contributed by atoms with E-state index >= 15 is 0 Å². The average Bonchev–Trinajstić information content (AvgIpc) is 2.35. The Balaban J connectivity index is 2.53. The quantitative estimate of drug-likeness (QED) is 0.614.